The first-order valence-electron chi connectivity index (χ1n) is 6.68. The molecule has 1 amide bonds. The van der Waals surface area contributed by atoms with Crippen molar-refractivity contribution in [3.63, 3.8) is 0 Å². The SMILES string of the molecule is CSCCCOCCOC1CCN(C(C)=O)CC1. The van der Waals surface area contributed by atoms with Gasteiger partial charge in [0.05, 0.1) is 19.3 Å². The van der Waals surface area contributed by atoms with E-state index in [9.17, 15) is 4.79 Å². The fourth-order valence-corrected chi connectivity index (χ4v) is 2.42. The Morgan fingerprint density at radius 1 is 1.28 bits per heavy atom. The Kier molecular flexibility index (Phi) is 8.46. The summed E-state index contributed by atoms with van der Waals surface area (Å²) in [7, 11) is 0. The van der Waals surface area contributed by atoms with E-state index < -0.39 is 0 Å². The van der Waals surface area contributed by atoms with Crippen LogP contribution in [-0.4, -0.2) is 61.8 Å². The summed E-state index contributed by atoms with van der Waals surface area (Å²) in [5.41, 5.74) is 0. The van der Waals surface area contributed by atoms with Crippen molar-refractivity contribution in [3.8, 4) is 0 Å². The lowest BCUT2D eigenvalue weighted by atomic mass is 10.1. The van der Waals surface area contributed by atoms with Crippen LogP contribution in [0, 0.1) is 0 Å². The van der Waals surface area contributed by atoms with E-state index in [4.69, 9.17) is 9.47 Å². The second kappa shape index (κ2) is 9.64. The Hall–Kier alpha value is -0.260. The normalized spacial score (nSPS) is 17.1. The highest BCUT2D eigenvalue weighted by Gasteiger charge is 2.20. The lowest BCUT2D eigenvalue weighted by Gasteiger charge is -2.31. The number of ether oxygens (including phenoxy) is 2. The van der Waals surface area contributed by atoms with Crippen molar-refractivity contribution in [2.45, 2.75) is 32.3 Å². The number of amides is 1. The van der Waals surface area contributed by atoms with Gasteiger partial charge >= 0.3 is 0 Å². The molecule has 0 spiro atoms. The molecule has 0 aromatic rings. The van der Waals surface area contributed by atoms with Gasteiger partial charge in [-0.2, -0.15) is 11.8 Å². The van der Waals surface area contributed by atoms with Gasteiger partial charge in [-0.15, -0.1) is 0 Å². The molecule has 0 radical (unpaired) electrons. The van der Waals surface area contributed by atoms with Crippen LogP contribution in [0.5, 0.6) is 0 Å². The number of carbonyl (C=O) groups excluding carboxylic acids is 1. The maximum Gasteiger partial charge on any atom is 0.219 e. The molecule has 1 saturated heterocycles. The average molecular weight is 275 g/mol. The highest BCUT2D eigenvalue weighted by Crippen LogP contribution is 2.13. The molecular weight excluding hydrogens is 250 g/mol. The monoisotopic (exact) mass is 275 g/mol. The first kappa shape index (κ1) is 15.8. The summed E-state index contributed by atoms with van der Waals surface area (Å²) in [4.78, 5) is 13.0. The minimum absolute atomic E-state index is 0.172. The lowest BCUT2D eigenvalue weighted by molar-refractivity contribution is -0.131. The van der Waals surface area contributed by atoms with Gasteiger partial charge in [-0.3, -0.25) is 4.79 Å². The van der Waals surface area contributed by atoms with Crippen molar-refractivity contribution >= 4 is 17.7 Å². The number of rotatable bonds is 8. The van der Waals surface area contributed by atoms with E-state index in [-0.39, 0.29) is 5.91 Å². The zero-order chi connectivity index (χ0) is 13.2. The maximum atomic E-state index is 11.2. The smallest absolute Gasteiger partial charge is 0.219 e. The molecule has 106 valence electrons. The number of hydrogen-bond acceptors (Lipinski definition) is 4. The first-order valence-corrected chi connectivity index (χ1v) is 8.07. The molecule has 5 heteroatoms. The van der Waals surface area contributed by atoms with Crippen LogP contribution in [0.25, 0.3) is 0 Å². The van der Waals surface area contributed by atoms with Crippen molar-refractivity contribution in [2.24, 2.45) is 0 Å². The van der Waals surface area contributed by atoms with Crippen molar-refractivity contribution in [2.75, 3.05) is 44.9 Å². The summed E-state index contributed by atoms with van der Waals surface area (Å²) in [5, 5.41) is 0. The number of carbonyl (C=O) groups is 1. The van der Waals surface area contributed by atoms with Gasteiger partial charge in [-0.25, -0.2) is 0 Å². The largest absolute Gasteiger partial charge is 0.379 e. The minimum atomic E-state index is 0.172. The molecule has 1 fully saturated rings. The number of thioether (sulfide) groups is 1. The van der Waals surface area contributed by atoms with Gasteiger partial charge in [0.2, 0.25) is 5.91 Å². The summed E-state index contributed by atoms with van der Waals surface area (Å²) in [6.45, 7) is 5.46. The Bertz CT molecular complexity index is 230. The topological polar surface area (TPSA) is 38.8 Å². The minimum Gasteiger partial charge on any atom is -0.379 e. The second-order valence-corrected chi connectivity index (χ2v) is 5.52. The molecule has 0 bridgehead atoms. The van der Waals surface area contributed by atoms with E-state index in [2.05, 4.69) is 6.26 Å². The zero-order valence-electron chi connectivity index (χ0n) is 11.5. The van der Waals surface area contributed by atoms with Gasteiger partial charge in [0.25, 0.3) is 0 Å². The number of hydrogen-bond donors (Lipinski definition) is 0. The van der Waals surface area contributed by atoms with Gasteiger partial charge < -0.3 is 14.4 Å². The summed E-state index contributed by atoms with van der Waals surface area (Å²) < 4.78 is 11.2. The maximum absolute atomic E-state index is 11.2. The third-order valence-corrected chi connectivity index (χ3v) is 3.80. The molecular formula is C13H25NO3S. The highest BCUT2D eigenvalue weighted by molar-refractivity contribution is 7.98. The van der Waals surface area contributed by atoms with E-state index in [1.165, 1.54) is 0 Å². The molecule has 0 N–H and O–H groups in total. The summed E-state index contributed by atoms with van der Waals surface area (Å²) >= 11 is 1.85. The van der Waals surface area contributed by atoms with E-state index in [1.54, 1.807) is 6.92 Å². The Morgan fingerprint density at radius 2 is 2.00 bits per heavy atom. The van der Waals surface area contributed by atoms with Crippen LogP contribution >= 0.6 is 11.8 Å². The highest BCUT2D eigenvalue weighted by atomic mass is 32.2. The molecule has 0 atom stereocenters. The first-order chi connectivity index (χ1) is 8.74. The predicted molar refractivity (Wildman–Crippen MR) is 75.0 cm³/mol. The van der Waals surface area contributed by atoms with E-state index in [1.807, 2.05) is 16.7 Å². The Labute approximate surface area is 114 Å². The molecule has 0 aliphatic carbocycles. The molecule has 1 rings (SSSR count). The van der Waals surface area contributed by atoms with Crippen LogP contribution in [0.1, 0.15) is 26.2 Å². The fraction of sp³-hybridized carbons (Fsp3) is 0.923. The van der Waals surface area contributed by atoms with E-state index in [0.717, 1.165) is 44.7 Å². The van der Waals surface area contributed by atoms with Crippen LogP contribution < -0.4 is 0 Å². The summed E-state index contributed by atoms with van der Waals surface area (Å²) in [5.74, 6) is 1.33. The van der Waals surface area contributed by atoms with Gasteiger partial charge in [-0.05, 0) is 31.3 Å². The van der Waals surface area contributed by atoms with Crippen LogP contribution in [-0.2, 0) is 14.3 Å². The van der Waals surface area contributed by atoms with Crippen LogP contribution in [0.3, 0.4) is 0 Å². The van der Waals surface area contributed by atoms with Gasteiger partial charge in [-0.1, -0.05) is 0 Å². The zero-order valence-corrected chi connectivity index (χ0v) is 12.3. The summed E-state index contributed by atoms with van der Waals surface area (Å²) in [6.07, 6.45) is 5.42. The molecule has 0 aromatic heterocycles. The van der Waals surface area contributed by atoms with Crippen LogP contribution in [0.4, 0.5) is 0 Å². The molecule has 4 nitrogen and oxygen atoms in total. The third-order valence-electron chi connectivity index (χ3n) is 3.11. The Balaban J connectivity index is 1.93. The van der Waals surface area contributed by atoms with Gasteiger partial charge in [0.1, 0.15) is 0 Å². The summed E-state index contributed by atoms with van der Waals surface area (Å²) in [6, 6.07) is 0. The second-order valence-electron chi connectivity index (χ2n) is 4.53. The molecule has 1 heterocycles. The third kappa shape index (κ3) is 6.61. The lowest BCUT2D eigenvalue weighted by Crippen LogP contribution is -2.39. The quantitative estimate of drug-likeness (QED) is 0.633. The Morgan fingerprint density at radius 3 is 2.61 bits per heavy atom. The average Bonchev–Trinajstić information content (AvgIpc) is 2.38. The number of piperidine rings is 1. The molecule has 1 aliphatic rings. The van der Waals surface area contributed by atoms with Gasteiger partial charge in [0.15, 0.2) is 0 Å². The standard InChI is InChI=1S/C13H25NO3S/c1-12(15)14-6-4-13(5-7-14)17-10-9-16-8-3-11-18-2/h13H,3-11H2,1-2H3. The predicted octanol–water partition coefficient (Wildman–Crippen LogP) is 1.78. The number of likely N-dealkylation sites (tertiary alicyclic amines) is 1. The van der Waals surface area contributed by atoms with Crippen molar-refractivity contribution < 1.29 is 14.3 Å². The molecule has 0 unspecified atom stereocenters. The molecule has 0 saturated carbocycles. The van der Waals surface area contributed by atoms with E-state index >= 15 is 0 Å². The molecule has 1 aliphatic heterocycles. The molecule has 0 aromatic carbocycles. The van der Waals surface area contributed by atoms with Crippen molar-refractivity contribution in [1.82, 2.24) is 4.90 Å². The van der Waals surface area contributed by atoms with Crippen LogP contribution in [0.15, 0.2) is 0 Å². The van der Waals surface area contributed by atoms with Gasteiger partial charge in [0, 0.05) is 26.6 Å². The van der Waals surface area contributed by atoms with Crippen LogP contribution in [0.2, 0.25) is 0 Å². The van der Waals surface area contributed by atoms with Crippen molar-refractivity contribution in [1.29, 1.82) is 0 Å². The van der Waals surface area contributed by atoms with E-state index in [0.29, 0.717) is 19.3 Å². The number of nitrogens with zero attached hydrogens (tertiary/aromatic N) is 1. The van der Waals surface area contributed by atoms with Crippen molar-refractivity contribution in [3.05, 3.63) is 0 Å². The fourth-order valence-electron chi connectivity index (χ4n) is 2.02. The molecule has 18 heavy (non-hydrogen) atoms.